The molecule has 1 saturated carbocycles. The van der Waals surface area contributed by atoms with Crippen molar-refractivity contribution >= 4 is 16.0 Å². The number of hydrogen-bond donors (Lipinski definition) is 2. The average molecular weight is 316 g/mol. The number of carbonyl (C=O) groups is 1. The molecule has 1 aliphatic rings. The number of methoxy groups -OCH3 is 1. The van der Waals surface area contributed by atoms with Crippen LogP contribution in [0.25, 0.3) is 0 Å². The summed E-state index contributed by atoms with van der Waals surface area (Å²) in [6.07, 6.45) is 3.70. The van der Waals surface area contributed by atoms with Crippen molar-refractivity contribution in [2.45, 2.75) is 36.8 Å². The summed E-state index contributed by atoms with van der Waals surface area (Å²) >= 11 is 0. The fourth-order valence-corrected chi connectivity index (χ4v) is 3.85. The van der Waals surface area contributed by atoms with E-state index >= 15 is 0 Å². The molecule has 1 fully saturated rings. The molecule has 1 heterocycles. The van der Waals surface area contributed by atoms with E-state index in [0.29, 0.717) is 6.54 Å². The Labute approximate surface area is 123 Å². The number of ether oxygens (including phenoxy) is 1. The van der Waals surface area contributed by atoms with E-state index in [4.69, 9.17) is 10.2 Å². The molecule has 1 aromatic rings. The number of hydrogen-bond acceptors (Lipinski definition) is 6. The van der Waals surface area contributed by atoms with Gasteiger partial charge in [0.1, 0.15) is 0 Å². The summed E-state index contributed by atoms with van der Waals surface area (Å²) in [5.74, 6) is -0.727. The van der Waals surface area contributed by atoms with Gasteiger partial charge < -0.3 is 14.9 Å². The van der Waals surface area contributed by atoms with Crippen LogP contribution in [0.4, 0.5) is 0 Å². The van der Waals surface area contributed by atoms with Gasteiger partial charge in [-0.05, 0) is 37.4 Å². The molecule has 2 rings (SSSR count). The molecular formula is C13H20N2O5S. The van der Waals surface area contributed by atoms with Crippen molar-refractivity contribution in [1.29, 1.82) is 0 Å². The van der Waals surface area contributed by atoms with Crippen molar-refractivity contribution in [3.8, 4) is 0 Å². The Balaban J connectivity index is 2.14. The Kier molecular flexibility index (Phi) is 5.02. The lowest BCUT2D eigenvalue weighted by Gasteiger charge is -2.30. The van der Waals surface area contributed by atoms with Crippen LogP contribution in [0.1, 0.15) is 36.2 Å². The van der Waals surface area contributed by atoms with Crippen LogP contribution < -0.4 is 10.5 Å². The van der Waals surface area contributed by atoms with Crippen molar-refractivity contribution in [2.24, 2.45) is 11.7 Å². The van der Waals surface area contributed by atoms with Crippen LogP contribution in [-0.4, -0.2) is 34.1 Å². The van der Waals surface area contributed by atoms with E-state index in [1.54, 1.807) is 0 Å². The summed E-state index contributed by atoms with van der Waals surface area (Å²) in [4.78, 5) is 11.3. The lowest BCUT2D eigenvalue weighted by molar-refractivity contribution is 0.0559. The smallest absolute Gasteiger partial charge is 0.374 e. The highest BCUT2D eigenvalue weighted by molar-refractivity contribution is 7.89. The van der Waals surface area contributed by atoms with E-state index in [2.05, 4.69) is 9.46 Å². The number of nitrogens with one attached hydrogen (secondary N) is 1. The van der Waals surface area contributed by atoms with Gasteiger partial charge in [-0.25, -0.2) is 17.9 Å². The fraction of sp³-hybridized carbons (Fsp3) is 0.615. The summed E-state index contributed by atoms with van der Waals surface area (Å²) in [6.45, 7) is 0.443. The Hall–Kier alpha value is -1.38. The van der Waals surface area contributed by atoms with Gasteiger partial charge in [-0.1, -0.05) is 12.8 Å². The zero-order chi connectivity index (χ0) is 15.5. The molecule has 21 heavy (non-hydrogen) atoms. The second-order valence-electron chi connectivity index (χ2n) is 5.12. The molecule has 0 aromatic carbocycles. The van der Waals surface area contributed by atoms with Crippen LogP contribution in [0.5, 0.6) is 0 Å². The van der Waals surface area contributed by atoms with E-state index in [-0.39, 0.29) is 22.8 Å². The third-order valence-corrected chi connectivity index (χ3v) is 5.11. The maximum absolute atomic E-state index is 12.3. The predicted molar refractivity (Wildman–Crippen MR) is 75.2 cm³/mol. The van der Waals surface area contributed by atoms with Gasteiger partial charge in [0, 0.05) is 6.04 Å². The minimum atomic E-state index is -3.80. The molecular weight excluding hydrogens is 296 g/mol. The van der Waals surface area contributed by atoms with Gasteiger partial charge in [0.15, 0.2) is 0 Å². The number of esters is 1. The summed E-state index contributed by atoms with van der Waals surface area (Å²) in [5.41, 5.74) is 5.69. The first kappa shape index (κ1) is 16.0. The third-order valence-electron chi connectivity index (χ3n) is 3.75. The molecule has 8 heteroatoms. The number of rotatable bonds is 5. The molecule has 0 amide bonds. The van der Waals surface area contributed by atoms with Gasteiger partial charge in [0.2, 0.25) is 10.9 Å². The Bertz CT molecular complexity index is 595. The van der Waals surface area contributed by atoms with E-state index in [0.717, 1.165) is 25.7 Å². The first-order valence-electron chi connectivity index (χ1n) is 6.88. The van der Waals surface area contributed by atoms with Crippen molar-refractivity contribution in [3.05, 3.63) is 17.9 Å². The average Bonchev–Trinajstić information content (AvgIpc) is 2.97. The zero-order valence-electron chi connectivity index (χ0n) is 11.9. The van der Waals surface area contributed by atoms with Crippen molar-refractivity contribution < 1.29 is 22.4 Å². The standard InChI is InChI=1S/C13H20N2O5S/c1-19-13(16)11-6-7-12(20-11)21(17,18)15-10-5-3-2-4-9(10)8-14/h6-7,9-10,15H,2-5,8,14H2,1H3. The highest BCUT2D eigenvalue weighted by Crippen LogP contribution is 2.25. The number of carbonyl (C=O) groups excluding carboxylic acids is 1. The van der Waals surface area contributed by atoms with E-state index in [1.807, 2.05) is 0 Å². The van der Waals surface area contributed by atoms with E-state index in [1.165, 1.54) is 19.2 Å². The maximum Gasteiger partial charge on any atom is 0.374 e. The molecule has 118 valence electrons. The van der Waals surface area contributed by atoms with Crippen molar-refractivity contribution in [2.75, 3.05) is 13.7 Å². The van der Waals surface area contributed by atoms with Crippen LogP contribution in [0, 0.1) is 5.92 Å². The molecule has 2 atom stereocenters. The second-order valence-corrected chi connectivity index (χ2v) is 6.76. The Morgan fingerprint density at radius 1 is 1.43 bits per heavy atom. The molecule has 3 N–H and O–H groups in total. The van der Waals surface area contributed by atoms with Gasteiger partial charge in [-0.15, -0.1) is 0 Å². The van der Waals surface area contributed by atoms with Gasteiger partial charge >= 0.3 is 5.97 Å². The molecule has 1 aliphatic carbocycles. The second kappa shape index (κ2) is 6.59. The summed E-state index contributed by atoms with van der Waals surface area (Å²) in [5, 5.41) is -0.288. The van der Waals surface area contributed by atoms with Crippen LogP contribution in [-0.2, 0) is 14.8 Å². The Morgan fingerprint density at radius 3 is 2.81 bits per heavy atom. The maximum atomic E-state index is 12.3. The lowest BCUT2D eigenvalue weighted by atomic mass is 9.85. The first-order valence-corrected chi connectivity index (χ1v) is 8.37. The zero-order valence-corrected chi connectivity index (χ0v) is 12.7. The molecule has 0 saturated heterocycles. The van der Waals surface area contributed by atoms with Gasteiger partial charge in [0.25, 0.3) is 10.0 Å². The number of nitrogens with two attached hydrogens (primary N) is 1. The monoisotopic (exact) mass is 316 g/mol. The fourth-order valence-electron chi connectivity index (χ4n) is 2.58. The van der Waals surface area contributed by atoms with Crippen molar-refractivity contribution in [3.63, 3.8) is 0 Å². The third kappa shape index (κ3) is 3.63. The quantitative estimate of drug-likeness (QED) is 0.779. The minimum absolute atomic E-state index is 0.128. The highest BCUT2D eigenvalue weighted by atomic mass is 32.2. The largest absolute Gasteiger partial charge is 0.463 e. The number of sulfonamides is 1. The minimum Gasteiger partial charge on any atom is -0.463 e. The molecule has 1 aromatic heterocycles. The lowest BCUT2D eigenvalue weighted by Crippen LogP contribution is -2.44. The normalized spacial score (nSPS) is 23.0. The summed E-state index contributed by atoms with van der Waals surface area (Å²) < 4.78 is 36.7. The molecule has 0 radical (unpaired) electrons. The molecule has 7 nitrogen and oxygen atoms in total. The van der Waals surface area contributed by atoms with E-state index in [9.17, 15) is 13.2 Å². The highest BCUT2D eigenvalue weighted by Gasteiger charge is 2.30. The summed E-state index contributed by atoms with van der Waals surface area (Å²) in [6, 6.07) is 2.33. The van der Waals surface area contributed by atoms with Crippen molar-refractivity contribution in [1.82, 2.24) is 4.72 Å². The van der Waals surface area contributed by atoms with Crippen LogP contribution in [0.2, 0.25) is 0 Å². The predicted octanol–water partition coefficient (Wildman–Crippen LogP) is 0.862. The molecule has 0 spiro atoms. The van der Waals surface area contributed by atoms with Crippen LogP contribution >= 0.6 is 0 Å². The first-order chi connectivity index (χ1) is 9.97. The van der Waals surface area contributed by atoms with Crippen LogP contribution in [0.15, 0.2) is 21.6 Å². The van der Waals surface area contributed by atoms with Gasteiger partial charge in [-0.2, -0.15) is 0 Å². The van der Waals surface area contributed by atoms with Gasteiger partial charge in [0.05, 0.1) is 7.11 Å². The Morgan fingerprint density at radius 2 is 2.14 bits per heavy atom. The molecule has 0 aliphatic heterocycles. The summed E-state index contributed by atoms with van der Waals surface area (Å²) in [7, 11) is -2.60. The van der Waals surface area contributed by atoms with E-state index < -0.39 is 16.0 Å². The topological polar surface area (TPSA) is 112 Å². The number of furan rings is 1. The SMILES string of the molecule is COC(=O)c1ccc(S(=O)(=O)NC2CCCCC2CN)o1. The molecule has 2 unspecified atom stereocenters. The van der Waals surface area contributed by atoms with Crippen LogP contribution in [0.3, 0.4) is 0 Å². The molecule has 0 bridgehead atoms. The van der Waals surface area contributed by atoms with Gasteiger partial charge in [-0.3, -0.25) is 0 Å².